The van der Waals surface area contributed by atoms with E-state index in [0.29, 0.717) is 6.42 Å². The van der Waals surface area contributed by atoms with Crippen LogP contribution in [0, 0.1) is 6.92 Å². The van der Waals surface area contributed by atoms with E-state index in [0.717, 1.165) is 11.1 Å². The highest BCUT2D eigenvalue weighted by molar-refractivity contribution is 5.29. The average molecular weight is 179 g/mol. The third-order valence-electron chi connectivity index (χ3n) is 2.38. The molecule has 0 aromatic heterocycles. The Morgan fingerprint density at radius 1 is 1.38 bits per heavy atom. The lowest BCUT2D eigenvalue weighted by atomic mass is 9.97. The zero-order valence-electron chi connectivity index (χ0n) is 8.20. The predicted octanol–water partition coefficient (Wildman–Crippen LogP) is 1.77. The van der Waals surface area contributed by atoms with Crippen LogP contribution in [0.5, 0.6) is 0 Å². The van der Waals surface area contributed by atoms with Gasteiger partial charge in [-0.05, 0) is 24.5 Å². The highest BCUT2D eigenvalue weighted by Gasteiger charge is 2.15. The van der Waals surface area contributed by atoms with E-state index in [1.807, 2.05) is 38.1 Å². The Bertz CT molecular complexity index is 273. The van der Waals surface area contributed by atoms with E-state index in [-0.39, 0.29) is 6.04 Å². The average Bonchev–Trinajstić information content (AvgIpc) is 2.16. The molecule has 0 radical (unpaired) electrons. The van der Waals surface area contributed by atoms with Crippen LogP contribution < -0.4 is 5.73 Å². The summed E-state index contributed by atoms with van der Waals surface area (Å²) in [6, 6.07) is 7.65. The van der Waals surface area contributed by atoms with E-state index in [2.05, 4.69) is 0 Å². The van der Waals surface area contributed by atoms with E-state index in [1.165, 1.54) is 0 Å². The first-order chi connectivity index (χ1) is 6.16. The zero-order valence-corrected chi connectivity index (χ0v) is 8.20. The molecule has 1 aromatic carbocycles. The molecule has 2 unspecified atom stereocenters. The molecule has 0 saturated heterocycles. The van der Waals surface area contributed by atoms with Crippen molar-refractivity contribution in [3.63, 3.8) is 0 Å². The third-order valence-corrected chi connectivity index (χ3v) is 2.38. The van der Waals surface area contributed by atoms with Gasteiger partial charge in [0.1, 0.15) is 0 Å². The zero-order chi connectivity index (χ0) is 9.84. The fourth-order valence-electron chi connectivity index (χ4n) is 1.42. The summed E-state index contributed by atoms with van der Waals surface area (Å²) in [5.41, 5.74) is 8.08. The molecule has 3 N–H and O–H groups in total. The summed E-state index contributed by atoms with van der Waals surface area (Å²) in [4.78, 5) is 0. The molecular formula is C11H17NO. The second-order valence-corrected chi connectivity index (χ2v) is 3.36. The molecule has 0 aliphatic carbocycles. The normalized spacial score (nSPS) is 15.4. The molecule has 0 heterocycles. The molecule has 1 rings (SSSR count). The number of aliphatic hydroxyl groups excluding tert-OH is 1. The molecule has 2 atom stereocenters. The third kappa shape index (κ3) is 2.29. The first-order valence-corrected chi connectivity index (χ1v) is 4.66. The van der Waals surface area contributed by atoms with Gasteiger partial charge in [-0.2, -0.15) is 0 Å². The van der Waals surface area contributed by atoms with Gasteiger partial charge in [-0.25, -0.2) is 0 Å². The van der Waals surface area contributed by atoms with Crippen LogP contribution in [-0.2, 0) is 0 Å². The number of hydrogen-bond donors (Lipinski definition) is 2. The van der Waals surface area contributed by atoms with Crippen LogP contribution in [-0.4, -0.2) is 11.2 Å². The van der Waals surface area contributed by atoms with E-state index in [9.17, 15) is 5.11 Å². The molecule has 1 aromatic rings. The monoisotopic (exact) mass is 179 g/mol. The van der Waals surface area contributed by atoms with Gasteiger partial charge in [0.25, 0.3) is 0 Å². The Kier molecular flexibility index (Phi) is 3.46. The largest absolute Gasteiger partial charge is 0.391 e. The van der Waals surface area contributed by atoms with Crippen LogP contribution in [0.25, 0.3) is 0 Å². The molecule has 0 amide bonds. The number of hydrogen-bond acceptors (Lipinski definition) is 2. The second kappa shape index (κ2) is 4.40. The van der Waals surface area contributed by atoms with Gasteiger partial charge >= 0.3 is 0 Å². The van der Waals surface area contributed by atoms with Gasteiger partial charge in [0.2, 0.25) is 0 Å². The van der Waals surface area contributed by atoms with Crippen LogP contribution in [0.4, 0.5) is 0 Å². The Morgan fingerprint density at radius 3 is 2.54 bits per heavy atom. The number of aryl methyl sites for hydroxylation is 1. The molecule has 2 nitrogen and oxygen atoms in total. The van der Waals surface area contributed by atoms with Gasteiger partial charge in [0.15, 0.2) is 0 Å². The molecule has 13 heavy (non-hydrogen) atoms. The maximum Gasteiger partial charge on any atom is 0.0730 e. The Labute approximate surface area is 79.4 Å². The molecule has 2 heteroatoms. The fraction of sp³-hybridized carbons (Fsp3) is 0.455. The summed E-state index contributed by atoms with van der Waals surface area (Å²) in [7, 11) is 0. The molecule has 0 aliphatic rings. The van der Waals surface area contributed by atoms with Crippen molar-refractivity contribution < 1.29 is 5.11 Å². The Balaban J connectivity index is 2.88. The Hall–Kier alpha value is -0.860. The highest BCUT2D eigenvalue weighted by Crippen LogP contribution is 2.19. The fourth-order valence-corrected chi connectivity index (χ4v) is 1.42. The van der Waals surface area contributed by atoms with Crippen LogP contribution in [0.3, 0.4) is 0 Å². The number of benzene rings is 1. The summed E-state index contributed by atoms with van der Waals surface area (Å²) in [6.45, 7) is 3.94. The maximum atomic E-state index is 9.58. The van der Waals surface area contributed by atoms with E-state index < -0.39 is 6.10 Å². The quantitative estimate of drug-likeness (QED) is 0.742. The summed E-state index contributed by atoms with van der Waals surface area (Å²) in [6.07, 6.45) is 0.247. The summed E-state index contributed by atoms with van der Waals surface area (Å²) < 4.78 is 0. The smallest absolute Gasteiger partial charge is 0.0730 e. The van der Waals surface area contributed by atoms with Gasteiger partial charge in [-0.1, -0.05) is 31.2 Å². The van der Waals surface area contributed by atoms with Gasteiger partial charge < -0.3 is 10.8 Å². The minimum Gasteiger partial charge on any atom is -0.391 e. The molecule has 0 aliphatic heterocycles. The molecular weight excluding hydrogens is 162 g/mol. The summed E-state index contributed by atoms with van der Waals surface area (Å²) in [5.74, 6) is 0. The van der Waals surface area contributed by atoms with Crippen molar-refractivity contribution in [1.29, 1.82) is 0 Å². The lowest BCUT2D eigenvalue weighted by Gasteiger charge is -2.19. The molecule has 0 spiro atoms. The van der Waals surface area contributed by atoms with Crippen LogP contribution in [0.1, 0.15) is 30.5 Å². The Morgan fingerprint density at radius 2 is 2.00 bits per heavy atom. The van der Waals surface area contributed by atoms with Crippen molar-refractivity contribution in [2.75, 3.05) is 0 Å². The first kappa shape index (κ1) is 10.2. The SMILES string of the molecule is CCC(O)C(N)c1ccccc1C. The maximum absolute atomic E-state index is 9.58. The minimum atomic E-state index is -0.443. The van der Waals surface area contributed by atoms with Crippen LogP contribution >= 0.6 is 0 Å². The number of rotatable bonds is 3. The highest BCUT2D eigenvalue weighted by atomic mass is 16.3. The lowest BCUT2D eigenvalue weighted by molar-refractivity contribution is 0.140. The van der Waals surface area contributed by atoms with Crippen molar-refractivity contribution in [2.24, 2.45) is 5.73 Å². The van der Waals surface area contributed by atoms with Gasteiger partial charge in [-0.3, -0.25) is 0 Å². The standard InChI is InChI=1S/C11H17NO/c1-3-10(13)11(12)9-7-5-4-6-8(9)2/h4-7,10-11,13H,3,12H2,1-2H3. The van der Waals surface area contributed by atoms with Crippen molar-refractivity contribution in [1.82, 2.24) is 0 Å². The van der Waals surface area contributed by atoms with Gasteiger partial charge in [-0.15, -0.1) is 0 Å². The predicted molar refractivity (Wildman–Crippen MR) is 54.4 cm³/mol. The lowest BCUT2D eigenvalue weighted by Crippen LogP contribution is -2.26. The molecule has 72 valence electrons. The van der Waals surface area contributed by atoms with E-state index in [4.69, 9.17) is 5.73 Å². The van der Waals surface area contributed by atoms with E-state index in [1.54, 1.807) is 0 Å². The first-order valence-electron chi connectivity index (χ1n) is 4.66. The van der Waals surface area contributed by atoms with Crippen molar-refractivity contribution in [3.05, 3.63) is 35.4 Å². The topological polar surface area (TPSA) is 46.2 Å². The number of aliphatic hydroxyl groups is 1. The number of nitrogens with two attached hydrogens (primary N) is 1. The minimum absolute atomic E-state index is 0.258. The summed E-state index contributed by atoms with van der Waals surface area (Å²) >= 11 is 0. The van der Waals surface area contributed by atoms with E-state index >= 15 is 0 Å². The molecule has 0 bridgehead atoms. The molecule has 0 saturated carbocycles. The van der Waals surface area contributed by atoms with Crippen molar-refractivity contribution in [3.8, 4) is 0 Å². The van der Waals surface area contributed by atoms with Gasteiger partial charge in [0, 0.05) is 0 Å². The summed E-state index contributed by atoms with van der Waals surface area (Å²) in [5, 5.41) is 9.58. The van der Waals surface area contributed by atoms with Crippen molar-refractivity contribution in [2.45, 2.75) is 32.4 Å². The van der Waals surface area contributed by atoms with Gasteiger partial charge in [0.05, 0.1) is 12.1 Å². The van der Waals surface area contributed by atoms with Crippen molar-refractivity contribution >= 4 is 0 Å². The molecule has 0 fully saturated rings. The second-order valence-electron chi connectivity index (χ2n) is 3.36. The van der Waals surface area contributed by atoms with Crippen LogP contribution in [0.2, 0.25) is 0 Å². The van der Waals surface area contributed by atoms with Crippen LogP contribution in [0.15, 0.2) is 24.3 Å².